The molecule has 2 aromatic rings. The largest absolute Gasteiger partial charge is 0.462 e. The third-order valence-electron chi connectivity index (χ3n) is 2.96. The normalized spacial score (nSPS) is 10.3. The van der Waals surface area contributed by atoms with Crippen LogP contribution in [-0.4, -0.2) is 23.5 Å². The van der Waals surface area contributed by atoms with Gasteiger partial charge in [-0.1, -0.05) is 13.3 Å². The van der Waals surface area contributed by atoms with Crippen molar-refractivity contribution in [3.63, 3.8) is 0 Å². The molecule has 0 saturated heterocycles. The molecule has 0 aliphatic rings. The Bertz CT molecular complexity index is 646. The molecule has 0 bridgehead atoms. The van der Waals surface area contributed by atoms with Gasteiger partial charge in [0.15, 0.2) is 11.6 Å². The number of oxazole rings is 1. The van der Waals surface area contributed by atoms with Crippen LogP contribution in [0.25, 0.3) is 0 Å². The van der Waals surface area contributed by atoms with E-state index < -0.39 is 0 Å². The van der Waals surface area contributed by atoms with Crippen LogP contribution < -0.4 is 5.32 Å². The Hall–Kier alpha value is -2.63. The highest BCUT2D eigenvalue weighted by Gasteiger charge is 2.11. The molecule has 0 spiro atoms. The maximum atomic E-state index is 11.9. The van der Waals surface area contributed by atoms with Gasteiger partial charge in [-0.05, 0) is 30.7 Å². The molecular weight excluding hydrogens is 284 g/mol. The van der Waals surface area contributed by atoms with Gasteiger partial charge < -0.3 is 14.5 Å². The molecule has 1 N–H and O–H groups in total. The number of anilines is 1. The number of amides is 1. The Morgan fingerprint density at radius 3 is 2.59 bits per heavy atom. The highest BCUT2D eigenvalue weighted by molar-refractivity contribution is 6.02. The van der Waals surface area contributed by atoms with Crippen LogP contribution in [0.5, 0.6) is 0 Å². The zero-order chi connectivity index (χ0) is 15.9. The lowest BCUT2D eigenvalue weighted by molar-refractivity contribution is 0.0499. The minimum Gasteiger partial charge on any atom is -0.462 e. The summed E-state index contributed by atoms with van der Waals surface area (Å²) in [5.41, 5.74) is 1.22. The molecule has 0 aliphatic carbocycles. The van der Waals surface area contributed by atoms with Crippen molar-refractivity contribution in [2.24, 2.45) is 0 Å². The van der Waals surface area contributed by atoms with Gasteiger partial charge in [0.05, 0.1) is 12.2 Å². The van der Waals surface area contributed by atoms with Crippen LogP contribution in [0, 0.1) is 6.92 Å². The Labute approximate surface area is 128 Å². The Kier molecular flexibility index (Phi) is 5.30. The number of rotatable bonds is 6. The van der Waals surface area contributed by atoms with E-state index in [2.05, 4.69) is 10.3 Å². The van der Waals surface area contributed by atoms with Gasteiger partial charge in [0.2, 0.25) is 0 Å². The fourth-order valence-corrected chi connectivity index (χ4v) is 1.75. The molecule has 6 nitrogen and oxygen atoms in total. The van der Waals surface area contributed by atoms with E-state index in [9.17, 15) is 9.59 Å². The van der Waals surface area contributed by atoms with Gasteiger partial charge >= 0.3 is 5.97 Å². The van der Waals surface area contributed by atoms with Crippen molar-refractivity contribution in [3.05, 3.63) is 47.7 Å². The van der Waals surface area contributed by atoms with E-state index in [1.54, 1.807) is 31.2 Å². The highest BCUT2D eigenvalue weighted by Crippen LogP contribution is 2.12. The Morgan fingerprint density at radius 1 is 1.27 bits per heavy atom. The highest BCUT2D eigenvalue weighted by atomic mass is 16.5. The molecule has 22 heavy (non-hydrogen) atoms. The minimum atomic E-state index is -0.366. The number of aryl methyl sites for hydroxylation is 1. The molecule has 1 aromatic carbocycles. The molecule has 0 atom stereocenters. The monoisotopic (exact) mass is 302 g/mol. The van der Waals surface area contributed by atoms with Crippen LogP contribution in [-0.2, 0) is 4.74 Å². The summed E-state index contributed by atoms with van der Waals surface area (Å²) in [5, 5.41) is 2.68. The smallest absolute Gasteiger partial charge is 0.338 e. The van der Waals surface area contributed by atoms with E-state index in [0.29, 0.717) is 23.7 Å². The molecular formula is C16H18N2O4. The second-order valence-corrected chi connectivity index (χ2v) is 4.77. The van der Waals surface area contributed by atoms with E-state index in [1.807, 2.05) is 6.92 Å². The number of esters is 1. The number of hydrogen-bond donors (Lipinski definition) is 1. The molecule has 0 aliphatic heterocycles. The molecule has 6 heteroatoms. The van der Waals surface area contributed by atoms with Crippen molar-refractivity contribution in [2.75, 3.05) is 11.9 Å². The summed E-state index contributed by atoms with van der Waals surface area (Å²) in [6.07, 6.45) is 3.11. The first-order chi connectivity index (χ1) is 10.6. The van der Waals surface area contributed by atoms with Gasteiger partial charge in [-0.15, -0.1) is 0 Å². The third-order valence-corrected chi connectivity index (χ3v) is 2.96. The molecule has 1 aromatic heterocycles. The molecule has 0 unspecified atom stereocenters. The second-order valence-electron chi connectivity index (χ2n) is 4.77. The van der Waals surface area contributed by atoms with Crippen LogP contribution >= 0.6 is 0 Å². The van der Waals surface area contributed by atoms with Crippen molar-refractivity contribution in [2.45, 2.75) is 26.7 Å². The van der Waals surface area contributed by atoms with Crippen LogP contribution in [0.4, 0.5) is 5.69 Å². The lowest BCUT2D eigenvalue weighted by atomic mass is 10.2. The van der Waals surface area contributed by atoms with Gasteiger partial charge in [0.25, 0.3) is 5.91 Å². The summed E-state index contributed by atoms with van der Waals surface area (Å²) in [5.74, 6) is -0.302. The van der Waals surface area contributed by atoms with Crippen molar-refractivity contribution in [1.29, 1.82) is 0 Å². The molecule has 0 saturated carbocycles. The van der Waals surface area contributed by atoms with E-state index >= 15 is 0 Å². The quantitative estimate of drug-likeness (QED) is 0.654. The minimum absolute atomic E-state index is 0.209. The molecule has 1 heterocycles. The van der Waals surface area contributed by atoms with Crippen molar-refractivity contribution < 1.29 is 18.7 Å². The number of hydrogen-bond acceptors (Lipinski definition) is 5. The number of benzene rings is 1. The van der Waals surface area contributed by atoms with Crippen molar-refractivity contribution >= 4 is 17.6 Å². The molecule has 0 radical (unpaired) electrons. The molecule has 2 rings (SSSR count). The predicted molar refractivity (Wildman–Crippen MR) is 80.8 cm³/mol. The summed E-state index contributed by atoms with van der Waals surface area (Å²) in [4.78, 5) is 27.6. The van der Waals surface area contributed by atoms with Crippen LogP contribution in [0.15, 0.2) is 34.9 Å². The molecule has 1 amide bonds. The first-order valence-corrected chi connectivity index (χ1v) is 7.11. The van der Waals surface area contributed by atoms with E-state index in [4.69, 9.17) is 9.15 Å². The number of carbonyl (C=O) groups excluding carboxylic acids is 2. The lowest BCUT2D eigenvalue weighted by Gasteiger charge is -2.06. The first-order valence-electron chi connectivity index (χ1n) is 7.11. The zero-order valence-corrected chi connectivity index (χ0v) is 12.6. The topological polar surface area (TPSA) is 81.4 Å². The maximum Gasteiger partial charge on any atom is 0.338 e. The van der Waals surface area contributed by atoms with Gasteiger partial charge in [0.1, 0.15) is 6.26 Å². The van der Waals surface area contributed by atoms with Crippen LogP contribution in [0.3, 0.4) is 0 Å². The van der Waals surface area contributed by atoms with Crippen molar-refractivity contribution in [1.82, 2.24) is 4.98 Å². The van der Waals surface area contributed by atoms with Gasteiger partial charge in [-0.25, -0.2) is 9.78 Å². The third kappa shape index (κ3) is 4.18. The fraction of sp³-hybridized carbons (Fsp3) is 0.312. The molecule has 0 fully saturated rings. The number of ether oxygens (including phenoxy) is 1. The van der Waals surface area contributed by atoms with E-state index in [1.165, 1.54) is 6.26 Å². The number of carbonyl (C=O) groups is 2. The summed E-state index contributed by atoms with van der Waals surface area (Å²) >= 11 is 0. The predicted octanol–water partition coefficient (Wildman–Crippen LogP) is 3.19. The zero-order valence-electron chi connectivity index (χ0n) is 12.6. The number of unbranched alkanes of at least 4 members (excludes halogenated alkanes) is 1. The second kappa shape index (κ2) is 7.40. The maximum absolute atomic E-state index is 11.9. The van der Waals surface area contributed by atoms with E-state index in [0.717, 1.165) is 12.8 Å². The summed E-state index contributed by atoms with van der Waals surface area (Å²) in [7, 11) is 0. The van der Waals surface area contributed by atoms with Crippen LogP contribution in [0.2, 0.25) is 0 Å². The Balaban J connectivity index is 1.94. The summed E-state index contributed by atoms with van der Waals surface area (Å²) < 4.78 is 10.1. The number of nitrogens with one attached hydrogen (secondary N) is 1. The standard InChI is InChI=1S/C16H18N2O4/c1-3-4-9-21-16(20)12-5-7-13(8-6-12)18-15(19)14-10-22-11(2)17-14/h5-8,10H,3-4,9H2,1-2H3,(H,18,19). The lowest BCUT2D eigenvalue weighted by Crippen LogP contribution is -2.12. The van der Waals surface area contributed by atoms with Crippen LogP contribution in [0.1, 0.15) is 46.5 Å². The average Bonchev–Trinajstić information content (AvgIpc) is 2.95. The summed E-state index contributed by atoms with van der Waals surface area (Å²) in [6, 6.07) is 6.50. The fourth-order valence-electron chi connectivity index (χ4n) is 1.75. The molecule has 116 valence electrons. The average molecular weight is 302 g/mol. The van der Waals surface area contributed by atoms with Crippen molar-refractivity contribution in [3.8, 4) is 0 Å². The van der Waals surface area contributed by atoms with Gasteiger partial charge in [0, 0.05) is 12.6 Å². The van der Waals surface area contributed by atoms with Gasteiger partial charge in [-0.2, -0.15) is 0 Å². The number of nitrogens with zero attached hydrogens (tertiary/aromatic N) is 1. The SMILES string of the molecule is CCCCOC(=O)c1ccc(NC(=O)c2coc(C)n2)cc1. The van der Waals surface area contributed by atoms with Gasteiger partial charge in [-0.3, -0.25) is 4.79 Å². The first kappa shape index (κ1) is 15.8. The summed E-state index contributed by atoms with van der Waals surface area (Å²) in [6.45, 7) is 4.11. The Morgan fingerprint density at radius 2 is 2.00 bits per heavy atom. The van der Waals surface area contributed by atoms with E-state index in [-0.39, 0.29) is 17.6 Å². The number of aromatic nitrogens is 1.